The zero-order valence-electron chi connectivity index (χ0n) is 13.1. The summed E-state index contributed by atoms with van der Waals surface area (Å²) in [6, 6.07) is 12.8. The quantitative estimate of drug-likeness (QED) is 0.817. The van der Waals surface area contributed by atoms with E-state index in [4.69, 9.17) is 21.1 Å². The normalized spacial score (nSPS) is 10.2. The molecule has 0 radical (unpaired) electrons. The minimum Gasteiger partial charge on any atom is -0.497 e. The van der Waals surface area contributed by atoms with Gasteiger partial charge in [0.05, 0.1) is 25.8 Å². The SMILES string of the molecule is COc1ccc(CNCC(=O)Nc2ccc(OC)c(Cl)c2)cc1. The summed E-state index contributed by atoms with van der Waals surface area (Å²) in [4.78, 5) is 11.9. The van der Waals surface area contributed by atoms with E-state index >= 15 is 0 Å². The summed E-state index contributed by atoms with van der Waals surface area (Å²) in [6.45, 7) is 0.802. The minimum absolute atomic E-state index is 0.139. The number of carbonyl (C=O) groups is 1. The molecule has 0 aromatic heterocycles. The molecule has 0 heterocycles. The Balaban J connectivity index is 1.79. The lowest BCUT2D eigenvalue weighted by atomic mass is 10.2. The predicted molar refractivity (Wildman–Crippen MR) is 91.3 cm³/mol. The maximum Gasteiger partial charge on any atom is 0.238 e. The number of hydrogen-bond acceptors (Lipinski definition) is 4. The molecule has 0 fully saturated rings. The first-order chi connectivity index (χ1) is 11.1. The van der Waals surface area contributed by atoms with Crippen molar-refractivity contribution in [2.24, 2.45) is 0 Å². The zero-order chi connectivity index (χ0) is 16.7. The monoisotopic (exact) mass is 334 g/mol. The Morgan fingerprint density at radius 1 is 1.09 bits per heavy atom. The van der Waals surface area contributed by atoms with Gasteiger partial charge in [-0.2, -0.15) is 0 Å². The van der Waals surface area contributed by atoms with Gasteiger partial charge in [0.25, 0.3) is 0 Å². The van der Waals surface area contributed by atoms with Crippen LogP contribution in [0.2, 0.25) is 5.02 Å². The molecule has 2 aromatic rings. The molecule has 0 bridgehead atoms. The Morgan fingerprint density at radius 3 is 2.43 bits per heavy atom. The van der Waals surface area contributed by atoms with Gasteiger partial charge in [0.15, 0.2) is 0 Å². The zero-order valence-corrected chi connectivity index (χ0v) is 13.8. The lowest BCUT2D eigenvalue weighted by molar-refractivity contribution is -0.115. The van der Waals surface area contributed by atoms with Gasteiger partial charge in [-0.3, -0.25) is 4.79 Å². The van der Waals surface area contributed by atoms with Gasteiger partial charge in [-0.25, -0.2) is 0 Å². The van der Waals surface area contributed by atoms with E-state index in [0.29, 0.717) is 23.0 Å². The van der Waals surface area contributed by atoms with Crippen LogP contribution in [0.25, 0.3) is 0 Å². The van der Waals surface area contributed by atoms with Crippen LogP contribution in [0.1, 0.15) is 5.56 Å². The van der Waals surface area contributed by atoms with Gasteiger partial charge in [0, 0.05) is 12.2 Å². The lowest BCUT2D eigenvalue weighted by Gasteiger charge is -2.09. The standard InChI is InChI=1S/C17H19ClN2O3/c1-22-14-6-3-12(4-7-14)10-19-11-17(21)20-13-5-8-16(23-2)15(18)9-13/h3-9,19H,10-11H2,1-2H3,(H,20,21). The van der Waals surface area contributed by atoms with Crippen LogP contribution in [-0.4, -0.2) is 26.7 Å². The number of rotatable bonds is 7. The number of benzene rings is 2. The molecule has 0 aliphatic rings. The van der Waals surface area contributed by atoms with Gasteiger partial charge in [0.2, 0.25) is 5.91 Å². The molecular weight excluding hydrogens is 316 g/mol. The first kappa shape index (κ1) is 17.1. The maximum absolute atomic E-state index is 11.9. The number of methoxy groups -OCH3 is 2. The topological polar surface area (TPSA) is 59.6 Å². The molecule has 0 aliphatic carbocycles. The highest BCUT2D eigenvalue weighted by molar-refractivity contribution is 6.32. The van der Waals surface area contributed by atoms with E-state index in [0.717, 1.165) is 11.3 Å². The number of nitrogens with one attached hydrogen (secondary N) is 2. The summed E-state index contributed by atoms with van der Waals surface area (Å²) in [5, 5.41) is 6.32. The first-order valence-corrected chi connectivity index (χ1v) is 7.47. The number of halogens is 1. The summed E-state index contributed by atoms with van der Waals surface area (Å²) in [5.74, 6) is 1.24. The van der Waals surface area contributed by atoms with Crippen LogP contribution in [0.5, 0.6) is 11.5 Å². The van der Waals surface area contributed by atoms with Gasteiger partial charge < -0.3 is 20.1 Å². The van der Waals surface area contributed by atoms with Crippen molar-refractivity contribution in [2.45, 2.75) is 6.54 Å². The average Bonchev–Trinajstić information content (AvgIpc) is 2.55. The van der Waals surface area contributed by atoms with Crippen molar-refractivity contribution in [3.05, 3.63) is 53.1 Å². The van der Waals surface area contributed by atoms with Crippen LogP contribution >= 0.6 is 11.6 Å². The largest absolute Gasteiger partial charge is 0.497 e. The molecule has 2 aromatic carbocycles. The molecule has 0 spiro atoms. The molecular formula is C17H19ClN2O3. The molecule has 1 amide bonds. The van der Waals surface area contributed by atoms with Gasteiger partial charge in [-0.1, -0.05) is 23.7 Å². The average molecular weight is 335 g/mol. The second kappa shape index (κ2) is 8.41. The van der Waals surface area contributed by atoms with E-state index in [1.165, 1.54) is 0 Å². The van der Waals surface area contributed by atoms with E-state index in [9.17, 15) is 4.79 Å². The number of ether oxygens (including phenoxy) is 2. The van der Waals surface area contributed by atoms with Gasteiger partial charge in [-0.15, -0.1) is 0 Å². The Bertz CT molecular complexity index is 659. The third kappa shape index (κ3) is 5.16. The van der Waals surface area contributed by atoms with Crippen LogP contribution in [0.3, 0.4) is 0 Å². The van der Waals surface area contributed by atoms with E-state index < -0.39 is 0 Å². The summed E-state index contributed by atoms with van der Waals surface area (Å²) in [7, 11) is 3.17. The summed E-state index contributed by atoms with van der Waals surface area (Å²) >= 11 is 6.02. The van der Waals surface area contributed by atoms with Crippen LogP contribution in [0.4, 0.5) is 5.69 Å². The van der Waals surface area contributed by atoms with E-state index in [1.54, 1.807) is 32.4 Å². The Kier molecular flexibility index (Phi) is 6.26. The Labute approximate surface area is 140 Å². The second-order valence-electron chi connectivity index (χ2n) is 4.85. The van der Waals surface area contributed by atoms with Crippen molar-refractivity contribution in [3.63, 3.8) is 0 Å². The third-order valence-corrected chi connectivity index (χ3v) is 3.50. The van der Waals surface area contributed by atoms with E-state index in [1.807, 2.05) is 24.3 Å². The molecule has 23 heavy (non-hydrogen) atoms. The fourth-order valence-corrected chi connectivity index (χ4v) is 2.27. The third-order valence-electron chi connectivity index (χ3n) is 3.21. The highest BCUT2D eigenvalue weighted by atomic mass is 35.5. The second-order valence-corrected chi connectivity index (χ2v) is 5.26. The summed E-state index contributed by atoms with van der Waals surface area (Å²) in [6.07, 6.45) is 0. The molecule has 2 N–H and O–H groups in total. The Hall–Kier alpha value is -2.24. The van der Waals surface area contributed by atoms with Crippen LogP contribution in [-0.2, 0) is 11.3 Å². The van der Waals surface area contributed by atoms with E-state index in [2.05, 4.69) is 10.6 Å². The molecule has 0 atom stereocenters. The summed E-state index contributed by atoms with van der Waals surface area (Å²) in [5.41, 5.74) is 1.71. The molecule has 122 valence electrons. The fourth-order valence-electron chi connectivity index (χ4n) is 2.01. The van der Waals surface area contributed by atoms with Crippen LogP contribution in [0.15, 0.2) is 42.5 Å². The molecule has 0 saturated carbocycles. The number of amides is 1. The van der Waals surface area contributed by atoms with Crippen molar-refractivity contribution >= 4 is 23.2 Å². The minimum atomic E-state index is -0.139. The predicted octanol–water partition coefficient (Wildman–Crippen LogP) is 3.09. The van der Waals surface area contributed by atoms with E-state index in [-0.39, 0.29) is 12.5 Å². The number of anilines is 1. The van der Waals surface area contributed by atoms with Crippen molar-refractivity contribution in [3.8, 4) is 11.5 Å². The molecule has 5 nitrogen and oxygen atoms in total. The van der Waals surface area contributed by atoms with Crippen LogP contribution < -0.4 is 20.1 Å². The first-order valence-electron chi connectivity index (χ1n) is 7.09. The summed E-state index contributed by atoms with van der Waals surface area (Å²) < 4.78 is 10.2. The van der Waals surface area contributed by atoms with Crippen molar-refractivity contribution in [1.29, 1.82) is 0 Å². The van der Waals surface area contributed by atoms with Crippen LogP contribution in [0, 0.1) is 0 Å². The molecule has 0 aliphatic heterocycles. The number of carbonyl (C=O) groups excluding carboxylic acids is 1. The smallest absolute Gasteiger partial charge is 0.238 e. The van der Waals surface area contributed by atoms with Gasteiger partial charge >= 0.3 is 0 Å². The van der Waals surface area contributed by atoms with Crippen molar-refractivity contribution < 1.29 is 14.3 Å². The Morgan fingerprint density at radius 2 is 1.83 bits per heavy atom. The van der Waals surface area contributed by atoms with Gasteiger partial charge in [-0.05, 0) is 35.9 Å². The lowest BCUT2D eigenvalue weighted by Crippen LogP contribution is -2.27. The molecule has 0 saturated heterocycles. The van der Waals surface area contributed by atoms with Gasteiger partial charge in [0.1, 0.15) is 11.5 Å². The molecule has 0 unspecified atom stereocenters. The highest BCUT2D eigenvalue weighted by Gasteiger charge is 2.05. The fraction of sp³-hybridized carbons (Fsp3) is 0.235. The molecule has 2 rings (SSSR count). The van der Waals surface area contributed by atoms with Crippen molar-refractivity contribution in [1.82, 2.24) is 5.32 Å². The molecule has 6 heteroatoms. The number of hydrogen-bond donors (Lipinski definition) is 2. The van der Waals surface area contributed by atoms with Crippen molar-refractivity contribution in [2.75, 3.05) is 26.1 Å². The highest BCUT2D eigenvalue weighted by Crippen LogP contribution is 2.27. The maximum atomic E-state index is 11.9.